The van der Waals surface area contributed by atoms with Crippen LogP contribution in [-0.4, -0.2) is 48.2 Å². The zero-order valence-electron chi connectivity index (χ0n) is 14.8. The molecule has 0 bridgehead atoms. The molecular formula is C17H23F3N2O4. The van der Waals surface area contributed by atoms with E-state index >= 15 is 0 Å². The Hall–Kier alpha value is -2.45. The molecule has 9 heteroatoms. The van der Waals surface area contributed by atoms with Crippen molar-refractivity contribution in [2.45, 2.75) is 32.5 Å². The van der Waals surface area contributed by atoms with Crippen LogP contribution in [-0.2, 0) is 11.0 Å². The number of para-hydroxylation sites is 1. The van der Waals surface area contributed by atoms with E-state index in [0.29, 0.717) is 6.42 Å². The molecule has 0 saturated heterocycles. The smallest absolute Gasteiger partial charge is 0.419 e. The van der Waals surface area contributed by atoms with Crippen molar-refractivity contribution in [3.63, 3.8) is 0 Å². The van der Waals surface area contributed by atoms with E-state index in [0.717, 1.165) is 6.07 Å². The predicted molar refractivity (Wildman–Crippen MR) is 89.0 cm³/mol. The molecule has 0 aromatic heterocycles. The van der Waals surface area contributed by atoms with Crippen molar-refractivity contribution in [2.24, 2.45) is 5.92 Å². The molecule has 2 unspecified atom stereocenters. The molecule has 2 amide bonds. The van der Waals surface area contributed by atoms with Crippen LogP contribution in [0.15, 0.2) is 24.3 Å². The summed E-state index contributed by atoms with van der Waals surface area (Å²) in [6.45, 7) is 3.20. The minimum absolute atomic E-state index is 0.00663. The number of halogens is 3. The molecule has 6 nitrogen and oxygen atoms in total. The number of rotatable bonds is 8. The predicted octanol–water partition coefficient (Wildman–Crippen LogP) is 3.22. The van der Waals surface area contributed by atoms with Crippen molar-refractivity contribution in [1.82, 2.24) is 10.2 Å². The molecule has 0 aliphatic carbocycles. The van der Waals surface area contributed by atoms with Gasteiger partial charge in [-0.15, -0.1) is 0 Å². The molecule has 1 rings (SSSR count). The number of carbonyl (C=O) groups excluding carboxylic acids is 1. The quantitative estimate of drug-likeness (QED) is 0.730. The number of ether oxygens (including phenoxy) is 1. The number of hydrogen-bond donors (Lipinski definition) is 2. The summed E-state index contributed by atoms with van der Waals surface area (Å²) in [4.78, 5) is 24.0. The number of nitrogens with zero attached hydrogens (tertiary/aromatic N) is 1. The van der Waals surface area contributed by atoms with Crippen LogP contribution in [0.3, 0.4) is 0 Å². The number of carboxylic acid groups (broad SMARTS) is 1. The van der Waals surface area contributed by atoms with Crippen LogP contribution in [0, 0.1) is 5.92 Å². The van der Waals surface area contributed by atoms with Gasteiger partial charge >= 0.3 is 18.2 Å². The zero-order chi connectivity index (χ0) is 19.9. The van der Waals surface area contributed by atoms with E-state index in [4.69, 9.17) is 9.84 Å². The van der Waals surface area contributed by atoms with E-state index < -0.39 is 35.8 Å². The summed E-state index contributed by atoms with van der Waals surface area (Å²) in [7, 11) is 1.44. The van der Waals surface area contributed by atoms with Gasteiger partial charge in [0.05, 0.1) is 18.0 Å². The number of aliphatic carboxylic acids is 1. The number of carbonyl (C=O) groups is 2. The van der Waals surface area contributed by atoms with E-state index in [1.54, 1.807) is 6.92 Å². The van der Waals surface area contributed by atoms with Crippen LogP contribution in [0.2, 0.25) is 0 Å². The molecule has 26 heavy (non-hydrogen) atoms. The van der Waals surface area contributed by atoms with E-state index in [-0.39, 0.29) is 18.8 Å². The van der Waals surface area contributed by atoms with Gasteiger partial charge in [0.2, 0.25) is 0 Å². The molecule has 0 fully saturated rings. The number of amides is 2. The van der Waals surface area contributed by atoms with Gasteiger partial charge in [0.1, 0.15) is 11.9 Å². The third-order valence-corrected chi connectivity index (χ3v) is 3.74. The summed E-state index contributed by atoms with van der Waals surface area (Å²) in [5.41, 5.74) is -0.878. The zero-order valence-corrected chi connectivity index (χ0v) is 14.8. The Morgan fingerprint density at radius 3 is 2.46 bits per heavy atom. The molecule has 2 N–H and O–H groups in total. The van der Waals surface area contributed by atoms with Crippen LogP contribution in [0.1, 0.15) is 25.8 Å². The first-order valence-electron chi connectivity index (χ1n) is 8.10. The summed E-state index contributed by atoms with van der Waals surface area (Å²) in [6.07, 6.45) is -4.82. The average Bonchev–Trinajstić information content (AvgIpc) is 2.57. The molecule has 0 aliphatic heterocycles. The second-order valence-electron chi connectivity index (χ2n) is 5.95. The lowest BCUT2D eigenvalue weighted by Crippen LogP contribution is -2.44. The Labute approximate surface area is 149 Å². The van der Waals surface area contributed by atoms with Gasteiger partial charge in [-0.25, -0.2) is 4.79 Å². The standard InChI is InChI=1S/C17H23F3N2O4/c1-4-12(9-21-16(25)22(3)10-11(2)15(23)24)26-14-8-6-5-7-13(14)17(18,19)20/h5-8,11-12H,4,9-10H2,1-3H3,(H,21,25)(H,23,24). The molecule has 0 heterocycles. The number of urea groups is 1. The van der Waals surface area contributed by atoms with Gasteiger partial charge < -0.3 is 20.1 Å². The minimum Gasteiger partial charge on any atom is -0.488 e. The van der Waals surface area contributed by atoms with Gasteiger partial charge in [0, 0.05) is 13.6 Å². The largest absolute Gasteiger partial charge is 0.488 e. The fourth-order valence-electron chi connectivity index (χ4n) is 2.16. The van der Waals surface area contributed by atoms with Crippen LogP contribution in [0.25, 0.3) is 0 Å². The lowest BCUT2D eigenvalue weighted by atomic mass is 10.2. The first-order valence-corrected chi connectivity index (χ1v) is 8.10. The lowest BCUT2D eigenvalue weighted by Gasteiger charge is -2.24. The van der Waals surface area contributed by atoms with Crippen molar-refractivity contribution in [2.75, 3.05) is 20.1 Å². The molecule has 0 radical (unpaired) electrons. The van der Waals surface area contributed by atoms with Crippen LogP contribution >= 0.6 is 0 Å². The van der Waals surface area contributed by atoms with Gasteiger partial charge in [0.25, 0.3) is 0 Å². The van der Waals surface area contributed by atoms with Crippen molar-refractivity contribution < 1.29 is 32.6 Å². The monoisotopic (exact) mass is 376 g/mol. The first kappa shape index (κ1) is 21.6. The van der Waals surface area contributed by atoms with Crippen molar-refractivity contribution in [3.8, 4) is 5.75 Å². The third-order valence-electron chi connectivity index (χ3n) is 3.74. The molecule has 2 atom stereocenters. The molecule has 1 aromatic carbocycles. The fraction of sp³-hybridized carbons (Fsp3) is 0.529. The highest BCUT2D eigenvalue weighted by molar-refractivity contribution is 5.75. The van der Waals surface area contributed by atoms with Gasteiger partial charge in [0.15, 0.2) is 0 Å². The highest BCUT2D eigenvalue weighted by atomic mass is 19.4. The van der Waals surface area contributed by atoms with Gasteiger partial charge in [-0.1, -0.05) is 26.0 Å². The van der Waals surface area contributed by atoms with E-state index in [2.05, 4.69) is 5.32 Å². The average molecular weight is 376 g/mol. The summed E-state index contributed by atoms with van der Waals surface area (Å²) < 4.78 is 44.4. The molecule has 0 aliphatic rings. The number of hydrogen-bond acceptors (Lipinski definition) is 3. The second kappa shape index (κ2) is 9.30. The van der Waals surface area contributed by atoms with Crippen LogP contribution in [0.4, 0.5) is 18.0 Å². The number of alkyl halides is 3. The minimum atomic E-state index is -4.54. The summed E-state index contributed by atoms with van der Waals surface area (Å²) in [5.74, 6) is -2.06. The molecule has 0 saturated carbocycles. The molecular weight excluding hydrogens is 353 g/mol. The van der Waals surface area contributed by atoms with Gasteiger partial charge in [-0.3, -0.25) is 4.79 Å². The molecule has 146 valence electrons. The number of carboxylic acids is 1. The molecule has 1 aromatic rings. The topological polar surface area (TPSA) is 78.9 Å². The van der Waals surface area contributed by atoms with E-state index in [1.165, 1.54) is 37.1 Å². The van der Waals surface area contributed by atoms with Crippen LogP contribution in [0.5, 0.6) is 5.75 Å². The lowest BCUT2D eigenvalue weighted by molar-refractivity contribution is -0.141. The maximum absolute atomic E-state index is 13.0. The Morgan fingerprint density at radius 2 is 1.92 bits per heavy atom. The van der Waals surface area contributed by atoms with Crippen molar-refractivity contribution in [3.05, 3.63) is 29.8 Å². The second-order valence-corrected chi connectivity index (χ2v) is 5.95. The maximum Gasteiger partial charge on any atom is 0.419 e. The van der Waals surface area contributed by atoms with Gasteiger partial charge in [-0.2, -0.15) is 13.2 Å². The van der Waals surface area contributed by atoms with E-state index in [9.17, 15) is 22.8 Å². The Morgan fingerprint density at radius 1 is 1.31 bits per heavy atom. The highest BCUT2D eigenvalue weighted by Crippen LogP contribution is 2.36. The summed E-state index contributed by atoms with van der Waals surface area (Å²) in [6, 6.07) is 4.35. The summed E-state index contributed by atoms with van der Waals surface area (Å²) >= 11 is 0. The van der Waals surface area contributed by atoms with Crippen molar-refractivity contribution in [1.29, 1.82) is 0 Å². The first-order chi connectivity index (χ1) is 12.1. The summed E-state index contributed by atoms with van der Waals surface area (Å²) in [5, 5.41) is 11.4. The van der Waals surface area contributed by atoms with Crippen LogP contribution < -0.4 is 10.1 Å². The Kier molecular flexibility index (Phi) is 7.73. The molecule has 0 spiro atoms. The fourth-order valence-corrected chi connectivity index (χ4v) is 2.16. The Balaban J connectivity index is 2.66. The maximum atomic E-state index is 13.0. The number of benzene rings is 1. The normalized spacial score (nSPS) is 13.6. The SMILES string of the molecule is CCC(CNC(=O)N(C)CC(C)C(=O)O)Oc1ccccc1C(F)(F)F. The highest BCUT2D eigenvalue weighted by Gasteiger charge is 2.34. The van der Waals surface area contributed by atoms with E-state index in [1.807, 2.05) is 0 Å². The Bertz CT molecular complexity index is 622. The van der Waals surface area contributed by atoms with Gasteiger partial charge in [-0.05, 0) is 18.6 Å². The number of nitrogens with one attached hydrogen (secondary N) is 1. The third kappa shape index (κ3) is 6.45. The van der Waals surface area contributed by atoms with Crippen molar-refractivity contribution >= 4 is 12.0 Å².